The van der Waals surface area contributed by atoms with Crippen LogP contribution in [-0.2, 0) is 4.79 Å². The minimum Gasteiger partial charge on any atom is -0.355 e. The lowest BCUT2D eigenvalue weighted by Gasteiger charge is -2.09. The molecular formula is C8H11N5O. The van der Waals surface area contributed by atoms with Gasteiger partial charge < -0.3 is 5.32 Å². The fraction of sp³-hybridized carbons (Fsp3) is 0.500. The van der Waals surface area contributed by atoms with Crippen LogP contribution in [0.5, 0.6) is 0 Å². The van der Waals surface area contributed by atoms with Gasteiger partial charge in [-0.25, -0.2) is 9.67 Å². The zero-order valence-electron chi connectivity index (χ0n) is 8.06. The number of likely N-dealkylation sites (N-methyl/N-ethyl adjacent to an activating group) is 1. The van der Waals surface area contributed by atoms with Gasteiger partial charge in [0.15, 0.2) is 0 Å². The molecule has 0 saturated heterocycles. The molecule has 1 aromatic rings. The third-order valence-electron chi connectivity index (χ3n) is 1.74. The summed E-state index contributed by atoms with van der Waals surface area (Å²) in [5, 5.41) is 15.0. The van der Waals surface area contributed by atoms with Crippen LogP contribution in [-0.4, -0.2) is 27.2 Å². The van der Waals surface area contributed by atoms with Gasteiger partial charge in [0.1, 0.15) is 18.4 Å². The molecule has 1 N–H and O–H groups in total. The van der Waals surface area contributed by atoms with Crippen LogP contribution in [0.1, 0.15) is 25.7 Å². The highest BCUT2D eigenvalue weighted by atomic mass is 16.2. The fourth-order valence-electron chi connectivity index (χ4n) is 0.955. The summed E-state index contributed by atoms with van der Waals surface area (Å²) in [6.07, 6.45) is 1.37. The van der Waals surface area contributed by atoms with Gasteiger partial charge >= 0.3 is 0 Å². The molecule has 6 heteroatoms. The first-order chi connectivity index (χ1) is 6.69. The summed E-state index contributed by atoms with van der Waals surface area (Å²) in [5.41, 5.74) is 0. The lowest BCUT2D eigenvalue weighted by Crippen LogP contribution is -2.30. The molecule has 0 aromatic carbocycles. The first-order valence-electron chi connectivity index (χ1n) is 4.28. The lowest BCUT2D eigenvalue weighted by atomic mass is 10.3. The third kappa shape index (κ3) is 2.07. The molecule has 1 unspecified atom stereocenters. The Bertz CT molecular complexity index is 364. The van der Waals surface area contributed by atoms with E-state index in [-0.39, 0.29) is 11.7 Å². The average Bonchev–Trinajstić information content (AvgIpc) is 2.65. The summed E-state index contributed by atoms with van der Waals surface area (Å²) >= 11 is 0. The highest BCUT2D eigenvalue weighted by Gasteiger charge is 2.15. The summed E-state index contributed by atoms with van der Waals surface area (Å²) in [6, 6.07) is 1.36. The predicted molar refractivity (Wildman–Crippen MR) is 48.1 cm³/mol. The Kier molecular flexibility index (Phi) is 3.18. The summed E-state index contributed by atoms with van der Waals surface area (Å²) < 4.78 is 1.36. The number of nitrogens with one attached hydrogen (secondary N) is 1. The molecule has 14 heavy (non-hydrogen) atoms. The second-order valence-corrected chi connectivity index (χ2v) is 2.73. The van der Waals surface area contributed by atoms with E-state index in [0.29, 0.717) is 6.54 Å². The molecule has 1 heterocycles. The second-order valence-electron chi connectivity index (χ2n) is 2.73. The Hall–Kier alpha value is -1.90. The molecular weight excluding hydrogens is 182 g/mol. The number of rotatable bonds is 3. The first kappa shape index (κ1) is 10.2. The van der Waals surface area contributed by atoms with Crippen molar-refractivity contribution in [3.8, 4) is 6.07 Å². The molecule has 0 radical (unpaired) electrons. The number of amides is 1. The van der Waals surface area contributed by atoms with Crippen molar-refractivity contribution in [2.24, 2.45) is 0 Å². The van der Waals surface area contributed by atoms with Crippen molar-refractivity contribution < 1.29 is 4.79 Å². The highest BCUT2D eigenvalue weighted by Crippen LogP contribution is 2.02. The van der Waals surface area contributed by atoms with Gasteiger partial charge in [0, 0.05) is 6.54 Å². The molecule has 74 valence electrons. The van der Waals surface area contributed by atoms with Crippen molar-refractivity contribution in [1.82, 2.24) is 20.1 Å². The largest absolute Gasteiger partial charge is 0.355 e. The Morgan fingerprint density at radius 2 is 2.57 bits per heavy atom. The molecule has 1 amide bonds. The van der Waals surface area contributed by atoms with E-state index in [0.717, 1.165) is 0 Å². The number of carbonyl (C=O) groups excluding carboxylic acids is 1. The van der Waals surface area contributed by atoms with E-state index in [1.165, 1.54) is 11.0 Å². The molecule has 0 fully saturated rings. The average molecular weight is 193 g/mol. The number of nitrogens with zero attached hydrogens (tertiary/aromatic N) is 4. The standard InChI is InChI=1S/C8H11N5O/c1-3-10-8(14)6(2)13-5-11-7(4-9)12-13/h5-6H,3H2,1-2H3,(H,10,14). The quantitative estimate of drug-likeness (QED) is 0.723. The van der Waals surface area contributed by atoms with Gasteiger partial charge in [-0.15, -0.1) is 5.10 Å². The number of aromatic nitrogens is 3. The first-order valence-corrected chi connectivity index (χ1v) is 4.28. The number of hydrogen-bond acceptors (Lipinski definition) is 4. The number of hydrogen-bond donors (Lipinski definition) is 1. The molecule has 0 spiro atoms. The Morgan fingerprint density at radius 1 is 1.86 bits per heavy atom. The zero-order valence-corrected chi connectivity index (χ0v) is 8.06. The van der Waals surface area contributed by atoms with Gasteiger partial charge in [0.05, 0.1) is 0 Å². The Morgan fingerprint density at radius 3 is 3.07 bits per heavy atom. The van der Waals surface area contributed by atoms with E-state index in [9.17, 15) is 4.79 Å². The minimum absolute atomic E-state index is 0.0705. The van der Waals surface area contributed by atoms with Crippen LogP contribution in [0.2, 0.25) is 0 Å². The van der Waals surface area contributed by atoms with Gasteiger partial charge in [-0.05, 0) is 13.8 Å². The van der Waals surface area contributed by atoms with E-state index in [1.54, 1.807) is 13.0 Å². The molecule has 1 atom stereocenters. The highest BCUT2D eigenvalue weighted by molar-refractivity contribution is 5.79. The molecule has 0 aliphatic heterocycles. The van der Waals surface area contributed by atoms with Gasteiger partial charge in [-0.2, -0.15) is 5.26 Å². The maximum Gasteiger partial charge on any atom is 0.252 e. The van der Waals surface area contributed by atoms with Gasteiger partial charge in [-0.1, -0.05) is 0 Å². The van der Waals surface area contributed by atoms with Gasteiger partial charge in [0.25, 0.3) is 5.82 Å². The molecule has 1 aromatic heterocycles. The van der Waals surface area contributed by atoms with Crippen molar-refractivity contribution >= 4 is 5.91 Å². The predicted octanol–water partition coefficient (Wildman–Crippen LogP) is -0.153. The molecule has 1 rings (SSSR count). The number of carbonyl (C=O) groups is 1. The summed E-state index contributed by atoms with van der Waals surface area (Å²) in [5.74, 6) is -0.0666. The lowest BCUT2D eigenvalue weighted by molar-refractivity contribution is -0.124. The smallest absolute Gasteiger partial charge is 0.252 e. The topological polar surface area (TPSA) is 83.6 Å². The normalized spacial score (nSPS) is 11.8. The Labute approximate surface area is 81.6 Å². The van der Waals surface area contributed by atoms with E-state index in [2.05, 4.69) is 15.4 Å². The van der Waals surface area contributed by atoms with Gasteiger partial charge in [0.2, 0.25) is 5.91 Å². The van der Waals surface area contributed by atoms with Crippen molar-refractivity contribution in [3.63, 3.8) is 0 Å². The van der Waals surface area contributed by atoms with E-state index in [4.69, 9.17) is 5.26 Å². The third-order valence-corrected chi connectivity index (χ3v) is 1.74. The van der Waals surface area contributed by atoms with Crippen molar-refractivity contribution in [2.75, 3.05) is 6.54 Å². The minimum atomic E-state index is -0.440. The van der Waals surface area contributed by atoms with E-state index in [1.807, 2.05) is 6.92 Å². The van der Waals surface area contributed by atoms with Crippen LogP contribution in [0, 0.1) is 11.3 Å². The van der Waals surface area contributed by atoms with Crippen LogP contribution >= 0.6 is 0 Å². The summed E-state index contributed by atoms with van der Waals surface area (Å²) in [7, 11) is 0. The van der Waals surface area contributed by atoms with Crippen LogP contribution in [0.25, 0.3) is 0 Å². The molecule has 0 bridgehead atoms. The molecule has 0 saturated carbocycles. The zero-order chi connectivity index (χ0) is 10.6. The molecule has 0 aliphatic rings. The van der Waals surface area contributed by atoms with Crippen LogP contribution in [0.4, 0.5) is 0 Å². The maximum atomic E-state index is 11.4. The maximum absolute atomic E-state index is 11.4. The van der Waals surface area contributed by atoms with E-state index >= 15 is 0 Å². The van der Waals surface area contributed by atoms with Crippen molar-refractivity contribution in [2.45, 2.75) is 19.9 Å². The molecule has 0 aliphatic carbocycles. The van der Waals surface area contributed by atoms with Crippen LogP contribution in [0.15, 0.2) is 6.33 Å². The van der Waals surface area contributed by atoms with Crippen molar-refractivity contribution in [3.05, 3.63) is 12.2 Å². The summed E-state index contributed by atoms with van der Waals surface area (Å²) in [6.45, 7) is 4.11. The van der Waals surface area contributed by atoms with Crippen LogP contribution < -0.4 is 5.32 Å². The fourth-order valence-corrected chi connectivity index (χ4v) is 0.955. The van der Waals surface area contributed by atoms with Crippen LogP contribution in [0.3, 0.4) is 0 Å². The SMILES string of the molecule is CCNC(=O)C(C)n1cnc(C#N)n1. The summed E-state index contributed by atoms with van der Waals surface area (Å²) in [4.78, 5) is 15.1. The number of nitriles is 1. The van der Waals surface area contributed by atoms with Gasteiger partial charge in [-0.3, -0.25) is 4.79 Å². The molecule has 6 nitrogen and oxygen atoms in total. The monoisotopic (exact) mass is 193 g/mol. The van der Waals surface area contributed by atoms with E-state index < -0.39 is 6.04 Å². The second kappa shape index (κ2) is 4.37. The van der Waals surface area contributed by atoms with Crippen molar-refractivity contribution in [1.29, 1.82) is 5.26 Å². The Balaban J connectivity index is 2.74.